The summed E-state index contributed by atoms with van der Waals surface area (Å²) in [7, 11) is 0. The first-order valence-electron chi connectivity index (χ1n) is 6.87. The van der Waals surface area contributed by atoms with Crippen LogP contribution in [0.5, 0.6) is 0 Å². The fourth-order valence-electron chi connectivity index (χ4n) is 2.48. The van der Waals surface area contributed by atoms with Crippen molar-refractivity contribution < 1.29 is 0 Å². The predicted molar refractivity (Wildman–Crippen MR) is 75.7 cm³/mol. The van der Waals surface area contributed by atoms with E-state index < -0.39 is 0 Å². The number of anilines is 2. The van der Waals surface area contributed by atoms with Crippen LogP contribution in [0.15, 0.2) is 24.3 Å². The predicted octanol–water partition coefficient (Wildman–Crippen LogP) is 4.25. The summed E-state index contributed by atoms with van der Waals surface area (Å²) in [6, 6.07) is 9.86. The van der Waals surface area contributed by atoms with Gasteiger partial charge in [-0.2, -0.15) is 0 Å². The van der Waals surface area contributed by atoms with Crippen LogP contribution < -0.4 is 10.6 Å². The zero-order valence-corrected chi connectivity index (χ0v) is 11.0. The number of nitrogens with one attached hydrogen (secondary N) is 2. The second-order valence-electron chi connectivity index (χ2n) is 5.36. The van der Waals surface area contributed by atoms with Crippen molar-refractivity contribution in [1.29, 1.82) is 0 Å². The molecule has 0 amide bonds. The molecule has 0 aliphatic heterocycles. The standard InChI is InChI=1S/C15H24N2/c1-12(2)16-14-8-10-15(11-9-14)17-13-6-4-3-5-7-13/h8-13,16-17H,3-7H2,1-2H3. The minimum atomic E-state index is 0.493. The Bertz CT molecular complexity index is 323. The Morgan fingerprint density at radius 2 is 1.53 bits per heavy atom. The smallest absolute Gasteiger partial charge is 0.0343 e. The Balaban J connectivity index is 1.88. The van der Waals surface area contributed by atoms with Crippen LogP contribution in [0.1, 0.15) is 46.0 Å². The number of rotatable bonds is 4. The normalized spacial score (nSPS) is 17.1. The van der Waals surface area contributed by atoms with Crippen LogP contribution in [-0.2, 0) is 0 Å². The van der Waals surface area contributed by atoms with E-state index in [1.165, 1.54) is 43.5 Å². The first kappa shape index (κ1) is 12.3. The lowest BCUT2D eigenvalue weighted by molar-refractivity contribution is 0.463. The van der Waals surface area contributed by atoms with E-state index in [0.29, 0.717) is 12.1 Å². The van der Waals surface area contributed by atoms with Gasteiger partial charge in [0.2, 0.25) is 0 Å². The maximum absolute atomic E-state index is 3.63. The molecule has 0 heterocycles. The Hall–Kier alpha value is -1.18. The fourth-order valence-corrected chi connectivity index (χ4v) is 2.48. The van der Waals surface area contributed by atoms with Gasteiger partial charge in [0.15, 0.2) is 0 Å². The molecule has 2 N–H and O–H groups in total. The van der Waals surface area contributed by atoms with Gasteiger partial charge < -0.3 is 10.6 Å². The zero-order valence-electron chi connectivity index (χ0n) is 11.0. The highest BCUT2D eigenvalue weighted by Crippen LogP contribution is 2.22. The van der Waals surface area contributed by atoms with E-state index in [1.807, 2.05) is 0 Å². The van der Waals surface area contributed by atoms with Gasteiger partial charge in [0, 0.05) is 23.5 Å². The van der Waals surface area contributed by atoms with Gasteiger partial charge in [0.05, 0.1) is 0 Å². The maximum atomic E-state index is 3.63. The lowest BCUT2D eigenvalue weighted by atomic mass is 9.95. The molecule has 0 saturated heterocycles. The molecule has 0 spiro atoms. The van der Waals surface area contributed by atoms with E-state index in [9.17, 15) is 0 Å². The van der Waals surface area contributed by atoms with Crippen molar-refractivity contribution in [3.8, 4) is 0 Å². The van der Waals surface area contributed by atoms with Crippen molar-refractivity contribution in [1.82, 2.24) is 0 Å². The molecule has 2 nitrogen and oxygen atoms in total. The molecular formula is C15H24N2. The third kappa shape index (κ3) is 3.95. The van der Waals surface area contributed by atoms with Gasteiger partial charge in [0.25, 0.3) is 0 Å². The topological polar surface area (TPSA) is 24.1 Å². The summed E-state index contributed by atoms with van der Waals surface area (Å²) < 4.78 is 0. The van der Waals surface area contributed by atoms with Gasteiger partial charge in [-0.05, 0) is 51.0 Å². The second-order valence-corrected chi connectivity index (χ2v) is 5.36. The first-order chi connectivity index (χ1) is 8.24. The van der Waals surface area contributed by atoms with Crippen LogP contribution in [0.25, 0.3) is 0 Å². The summed E-state index contributed by atoms with van der Waals surface area (Å²) in [6.45, 7) is 4.32. The van der Waals surface area contributed by atoms with Crippen molar-refractivity contribution in [2.45, 2.75) is 58.0 Å². The monoisotopic (exact) mass is 232 g/mol. The van der Waals surface area contributed by atoms with Crippen LogP contribution >= 0.6 is 0 Å². The van der Waals surface area contributed by atoms with Gasteiger partial charge in [-0.1, -0.05) is 19.3 Å². The van der Waals surface area contributed by atoms with Crippen molar-refractivity contribution in [3.05, 3.63) is 24.3 Å². The molecule has 2 heteroatoms. The van der Waals surface area contributed by atoms with Crippen LogP contribution in [0.4, 0.5) is 11.4 Å². The lowest BCUT2D eigenvalue weighted by Gasteiger charge is -2.24. The molecule has 1 saturated carbocycles. The molecule has 2 rings (SSSR count). The Morgan fingerprint density at radius 1 is 0.941 bits per heavy atom. The molecule has 0 aromatic heterocycles. The van der Waals surface area contributed by atoms with Crippen molar-refractivity contribution in [2.75, 3.05) is 10.6 Å². The first-order valence-corrected chi connectivity index (χ1v) is 6.87. The van der Waals surface area contributed by atoms with E-state index in [0.717, 1.165) is 0 Å². The van der Waals surface area contributed by atoms with Gasteiger partial charge in [-0.3, -0.25) is 0 Å². The quantitative estimate of drug-likeness (QED) is 0.811. The number of hydrogen-bond acceptors (Lipinski definition) is 2. The van der Waals surface area contributed by atoms with Gasteiger partial charge >= 0.3 is 0 Å². The van der Waals surface area contributed by atoms with E-state index in [2.05, 4.69) is 48.7 Å². The van der Waals surface area contributed by atoms with Crippen molar-refractivity contribution in [2.24, 2.45) is 0 Å². The average Bonchev–Trinajstić information content (AvgIpc) is 2.32. The van der Waals surface area contributed by atoms with Crippen LogP contribution in [-0.4, -0.2) is 12.1 Å². The van der Waals surface area contributed by atoms with Gasteiger partial charge in [-0.25, -0.2) is 0 Å². The SMILES string of the molecule is CC(C)Nc1ccc(NC2CCCCC2)cc1. The van der Waals surface area contributed by atoms with Crippen molar-refractivity contribution >= 4 is 11.4 Å². The fraction of sp³-hybridized carbons (Fsp3) is 0.600. The molecule has 1 aliphatic carbocycles. The largest absolute Gasteiger partial charge is 0.383 e. The number of hydrogen-bond donors (Lipinski definition) is 2. The number of benzene rings is 1. The molecule has 1 aromatic rings. The van der Waals surface area contributed by atoms with E-state index in [4.69, 9.17) is 0 Å². The Kier molecular flexibility index (Phi) is 4.29. The zero-order chi connectivity index (χ0) is 12.1. The van der Waals surface area contributed by atoms with Crippen molar-refractivity contribution in [3.63, 3.8) is 0 Å². The molecule has 1 aliphatic rings. The minimum absolute atomic E-state index is 0.493. The summed E-state index contributed by atoms with van der Waals surface area (Å²) in [4.78, 5) is 0. The molecular weight excluding hydrogens is 208 g/mol. The second kappa shape index (κ2) is 5.95. The van der Waals surface area contributed by atoms with E-state index >= 15 is 0 Å². The van der Waals surface area contributed by atoms with Crippen LogP contribution in [0, 0.1) is 0 Å². The van der Waals surface area contributed by atoms with E-state index in [1.54, 1.807) is 0 Å². The third-order valence-electron chi connectivity index (χ3n) is 3.32. The molecule has 0 bridgehead atoms. The Morgan fingerprint density at radius 3 is 2.12 bits per heavy atom. The molecule has 17 heavy (non-hydrogen) atoms. The summed E-state index contributed by atoms with van der Waals surface area (Å²) >= 11 is 0. The lowest BCUT2D eigenvalue weighted by Crippen LogP contribution is -2.22. The third-order valence-corrected chi connectivity index (χ3v) is 3.32. The average molecular weight is 232 g/mol. The summed E-state index contributed by atoms with van der Waals surface area (Å²) in [6.07, 6.45) is 6.82. The highest BCUT2D eigenvalue weighted by molar-refractivity contribution is 5.54. The summed E-state index contributed by atoms with van der Waals surface area (Å²) in [5, 5.41) is 7.04. The molecule has 94 valence electrons. The summed E-state index contributed by atoms with van der Waals surface area (Å²) in [5.74, 6) is 0. The van der Waals surface area contributed by atoms with E-state index in [-0.39, 0.29) is 0 Å². The minimum Gasteiger partial charge on any atom is -0.383 e. The highest BCUT2D eigenvalue weighted by atomic mass is 14.9. The highest BCUT2D eigenvalue weighted by Gasteiger charge is 2.12. The molecule has 0 radical (unpaired) electrons. The molecule has 1 aromatic carbocycles. The maximum Gasteiger partial charge on any atom is 0.0343 e. The molecule has 1 fully saturated rings. The van der Waals surface area contributed by atoms with Crippen LogP contribution in [0.3, 0.4) is 0 Å². The summed E-state index contributed by atoms with van der Waals surface area (Å²) in [5.41, 5.74) is 2.46. The molecule has 0 atom stereocenters. The van der Waals surface area contributed by atoms with Gasteiger partial charge in [-0.15, -0.1) is 0 Å². The molecule has 0 unspecified atom stereocenters. The Labute approximate surface area is 105 Å². The van der Waals surface area contributed by atoms with Gasteiger partial charge in [0.1, 0.15) is 0 Å². The van der Waals surface area contributed by atoms with Crippen LogP contribution in [0.2, 0.25) is 0 Å².